The summed E-state index contributed by atoms with van der Waals surface area (Å²) in [4.78, 5) is 11.9. The fraction of sp³-hybridized carbons (Fsp3) is 0.769. The molecule has 1 N–H and O–H groups in total. The zero-order valence-electron chi connectivity index (χ0n) is 10.6. The van der Waals surface area contributed by atoms with Crippen molar-refractivity contribution in [3.05, 3.63) is 12.2 Å². The van der Waals surface area contributed by atoms with E-state index in [1.54, 1.807) is 7.11 Å². The molecular formula is C13H23NO2. The highest BCUT2D eigenvalue weighted by atomic mass is 16.5. The summed E-state index contributed by atoms with van der Waals surface area (Å²) >= 11 is 0. The molecule has 0 aromatic heterocycles. The van der Waals surface area contributed by atoms with Gasteiger partial charge in [-0.05, 0) is 19.3 Å². The molecule has 3 nitrogen and oxygen atoms in total. The molecule has 0 heterocycles. The number of hydrogen-bond acceptors (Lipinski definition) is 2. The first-order valence-electron chi connectivity index (χ1n) is 5.97. The van der Waals surface area contributed by atoms with E-state index in [4.69, 9.17) is 4.74 Å². The maximum absolute atomic E-state index is 11.9. The molecule has 0 radical (unpaired) electrons. The number of rotatable bonds is 5. The van der Waals surface area contributed by atoms with E-state index in [1.807, 2.05) is 0 Å². The van der Waals surface area contributed by atoms with Crippen LogP contribution in [0.3, 0.4) is 0 Å². The standard InChI is InChI=1S/C13H23NO2/c1-13(2,10-16-3)9-14-12(15)11-7-5-4-6-8-11/h4-5,11H,6-10H2,1-3H3,(H,14,15)/t11-/m0/s1. The van der Waals surface area contributed by atoms with Gasteiger partial charge in [-0.25, -0.2) is 0 Å². The van der Waals surface area contributed by atoms with Crippen LogP contribution in [-0.2, 0) is 9.53 Å². The summed E-state index contributed by atoms with van der Waals surface area (Å²) in [6, 6.07) is 0. The van der Waals surface area contributed by atoms with Crippen molar-refractivity contribution < 1.29 is 9.53 Å². The topological polar surface area (TPSA) is 38.3 Å². The minimum Gasteiger partial charge on any atom is -0.384 e. The molecule has 16 heavy (non-hydrogen) atoms. The van der Waals surface area contributed by atoms with Crippen LogP contribution in [0.4, 0.5) is 0 Å². The zero-order chi connectivity index (χ0) is 12.0. The van der Waals surface area contributed by atoms with E-state index in [2.05, 4.69) is 31.3 Å². The number of carbonyl (C=O) groups excluding carboxylic acids is 1. The molecule has 0 saturated carbocycles. The SMILES string of the molecule is COCC(C)(C)CNC(=O)[C@H]1CC=CCC1. The van der Waals surface area contributed by atoms with E-state index in [0.717, 1.165) is 19.3 Å². The van der Waals surface area contributed by atoms with Crippen molar-refractivity contribution in [2.75, 3.05) is 20.3 Å². The lowest BCUT2D eigenvalue weighted by Crippen LogP contribution is -2.39. The van der Waals surface area contributed by atoms with Gasteiger partial charge in [0, 0.05) is 25.0 Å². The lowest BCUT2D eigenvalue weighted by atomic mass is 9.91. The molecule has 0 aromatic rings. The van der Waals surface area contributed by atoms with E-state index in [9.17, 15) is 4.79 Å². The van der Waals surface area contributed by atoms with Gasteiger partial charge in [0.2, 0.25) is 5.91 Å². The molecule has 0 unspecified atom stereocenters. The second-order valence-electron chi connectivity index (χ2n) is 5.30. The van der Waals surface area contributed by atoms with Crippen molar-refractivity contribution in [2.24, 2.45) is 11.3 Å². The molecule has 1 aliphatic carbocycles. The average molecular weight is 225 g/mol. The lowest BCUT2D eigenvalue weighted by Gasteiger charge is -2.25. The molecule has 92 valence electrons. The van der Waals surface area contributed by atoms with Crippen molar-refractivity contribution in [1.82, 2.24) is 5.32 Å². The minimum atomic E-state index is 0.00885. The van der Waals surface area contributed by atoms with Gasteiger partial charge in [-0.1, -0.05) is 26.0 Å². The quantitative estimate of drug-likeness (QED) is 0.728. The summed E-state index contributed by atoms with van der Waals surface area (Å²) in [5.74, 6) is 0.358. The molecular weight excluding hydrogens is 202 g/mol. The molecule has 0 aliphatic heterocycles. The Kier molecular flexibility index (Phi) is 5.00. The lowest BCUT2D eigenvalue weighted by molar-refractivity contribution is -0.125. The predicted octanol–water partition coefficient (Wildman–Crippen LogP) is 2.13. The molecule has 1 amide bonds. The summed E-state index contributed by atoms with van der Waals surface area (Å²) in [6.45, 7) is 5.53. The van der Waals surface area contributed by atoms with E-state index in [0.29, 0.717) is 13.2 Å². The van der Waals surface area contributed by atoms with Crippen LogP contribution in [0, 0.1) is 11.3 Å². The molecule has 0 aromatic carbocycles. The van der Waals surface area contributed by atoms with Crippen molar-refractivity contribution in [2.45, 2.75) is 33.1 Å². The van der Waals surface area contributed by atoms with Gasteiger partial charge < -0.3 is 10.1 Å². The van der Waals surface area contributed by atoms with Crippen LogP contribution in [0.2, 0.25) is 0 Å². The molecule has 3 heteroatoms. The Hall–Kier alpha value is -0.830. The largest absolute Gasteiger partial charge is 0.384 e. The summed E-state index contributed by atoms with van der Waals surface area (Å²) in [5.41, 5.74) is 0.00885. The van der Waals surface area contributed by atoms with Crippen LogP contribution in [0.25, 0.3) is 0 Å². The number of carbonyl (C=O) groups is 1. The number of amides is 1. The first-order chi connectivity index (χ1) is 7.55. The molecule has 1 aliphatic rings. The number of nitrogens with one attached hydrogen (secondary N) is 1. The van der Waals surface area contributed by atoms with Crippen LogP contribution in [0.5, 0.6) is 0 Å². The summed E-state index contributed by atoms with van der Waals surface area (Å²) in [6.07, 6.45) is 7.15. The molecule has 0 spiro atoms. The van der Waals surface area contributed by atoms with Gasteiger partial charge in [-0.3, -0.25) is 4.79 Å². The average Bonchev–Trinajstić information content (AvgIpc) is 2.27. The van der Waals surface area contributed by atoms with Gasteiger partial charge in [0.05, 0.1) is 6.61 Å². The molecule has 1 rings (SSSR count). The van der Waals surface area contributed by atoms with E-state index >= 15 is 0 Å². The van der Waals surface area contributed by atoms with Gasteiger partial charge in [0.15, 0.2) is 0 Å². The predicted molar refractivity (Wildman–Crippen MR) is 65.1 cm³/mol. The van der Waals surface area contributed by atoms with Crippen LogP contribution >= 0.6 is 0 Å². The van der Waals surface area contributed by atoms with Crippen molar-refractivity contribution >= 4 is 5.91 Å². The maximum atomic E-state index is 11.9. The van der Waals surface area contributed by atoms with Crippen molar-refractivity contribution in [3.8, 4) is 0 Å². The Balaban J connectivity index is 2.31. The Bertz CT molecular complexity index is 259. The maximum Gasteiger partial charge on any atom is 0.223 e. The molecule has 1 atom stereocenters. The second kappa shape index (κ2) is 6.04. The van der Waals surface area contributed by atoms with Gasteiger partial charge in [0.1, 0.15) is 0 Å². The van der Waals surface area contributed by atoms with Crippen LogP contribution in [-0.4, -0.2) is 26.2 Å². The first-order valence-corrected chi connectivity index (χ1v) is 5.97. The second-order valence-corrected chi connectivity index (χ2v) is 5.30. The van der Waals surface area contributed by atoms with E-state index < -0.39 is 0 Å². The molecule has 0 bridgehead atoms. The third kappa shape index (κ3) is 4.35. The minimum absolute atomic E-state index is 0.00885. The normalized spacial score (nSPS) is 20.8. The smallest absolute Gasteiger partial charge is 0.223 e. The Morgan fingerprint density at radius 2 is 2.25 bits per heavy atom. The van der Waals surface area contributed by atoms with Gasteiger partial charge in [-0.15, -0.1) is 0 Å². The number of ether oxygens (including phenoxy) is 1. The fourth-order valence-electron chi connectivity index (χ4n) is 1.94. The highest BCUT2D eigenvalue weighted by molar-refractivity contribution is 5.79. The third-order valence-electron chi connectivity index (χ3n) is 2.92. The number of methoxy groups -OCH3 is 1. The van der Waals surface area contributed by atoms with Crippen molar-refractivity contribution in [3.63, 3.8) is 0 Å². The third-order valence-corrected chi connectivity index (χ3v) is 2.92. The monoisotopic (exact) mass is 225 g/mol. The Labute approximate surface area is 98.2 Å². The summed E-state index contributed by atoms with van der Waals surface area (Å²) in [5, 5.41) is 3.02. The highest BCUT2D eigenvalue weighted by Crippen LogP contribution is 2.19. The van der Waals surface area contributed by atoms with E-state index in [-0.39, 0.29) is 17.2 Å². The van der Waals surface area contributed by atoms with Gasteiger partial charge in [0.25, 0.3) is 0 Å². The Morgan fingerprint density at radius 3 is 2.81 bits per heavy atom. The van der Waals surface area contributed by atoms with Gasteiger partial charge >= 0.3 is 0 Å². The van der Waals surface area contributed by atoms with Crippen LogP contribution in [0.15, 0.2) is 12.2 Å². The van der Waals surface area contributed by atoms with Gasteiger partial charge in [-0.2, -0.15) is 0 Å². The van der Waals surface area contributed by atoms with E-state index in [1.165, 1.54) is 0 Å². The van der Waals surface area contributed by atoms with Crippen LogP contribution < -0.4 is 5.32 Å². The molecule has 0 fully saturated rings. The Morgan fingerprint density at radius 1 is 1.50 bits per heavy atom. The zero-order valence-corrected chi connectivity index (χ0v) is 10.6. The molecule has 0 saturated heterocycles. The first kappa shape index (κ1) is 13.2. The van der Waals surface area contributed by atoms with Crippen molar-refractivity contribution in [1.29, 1.82) is 0 Å². The summed E-state index contributed by atoms with van der Waals surface area (Å²) in [7, 11) is 1.69. The summed E-state index contributed by atoms with van der Waals surface area (Å²) < 4.78 is 5.12. The fourth-order valence-corrected chi connectivity index (χ4v) is 1.94. The number of allylic oxidation sites excluding steroid dienone is 2. The highest BCUT2D eigenvalue weighted by Gasteiger charge is 2.22. The van der Waals surface area contributed by atoms with Crippen LogP contribution in [0.1, 0.15) is 33.1 Å². The number of hydrogen-bond donors (Lipinski definition) is 1.